The Morgan fingerprint density at radius 3 is 2.09 bits per heavy atom. The van der Waals surface area contributed by atoms with Crippen LogP contribution in [-0.4, -0.2) is 55.3 Å². The van der Waals surface area contributed by atoms with E-state index in [9.17, 15) is 9.59 Å². The predicted octanol–water partition coefficient (Wildman–Crippen LogP) is 6.61. The van der Waals surface area contributed by atoms with Crippen LogP contribution in [0.5, 0.6) is 0 Å². The van der Waals surface area contributed by atoms with Gasteiger partial charge in [0.2, 0.25) is 0 Å². The molecule has 0 aromatic rings. The van der Waals surface area contributed by atoms with Gasteiger partial charge in [0.1, 0.15) is 6.10 Å². The number of alkyl carbamates (subject to hydrolysis) is 1. The normalized spacial score (nSPS) is 17.3. The van der Waals surface area contributed by atoms with Crippen molar-refractivity contribution in [3.8, 4) is 0 Å². The lowest BCUT2D eigenvalue weighted by atomic mass is 10.0. The quantitative estimate of drug-likeness (QED) is 0.171. The van der Waals surface area contributed by atoms with Crippen molar-refractivity contribution in [2.45, 2.75) is 142 Å². The second-order valence-electron chi connectivity index (χ2n) is 10.1. The number of amides is 1. The van der Waals surface area contributed by atoms with Crippen molar-refractivity contribution >= 4 is 12.1 Å². The van der Waals surface area contributed by atoms with Gasteiger partial charge in [0.05, 0.1) is 6.10 Å². The average molecular weight is 469 g/mol. The number of nitrogens with one attached hydrogen (secondary N) is 1. The molecule has 0 saturated carbocycles. The number of nitrogens with zero attached hydrogens (tertiary/aromatic N) is 1. The standard InChI is InChI=1S/C27H52N2O4/c1-5-6-7-8-9-10-11-12-13-14-18-25(19-15-20-26(30)32-23(2)3)33-27(31)28-22-24-17-16-21-29(24)4/h23-25H,5-22H2,1-4H3,(H,28,31). The zero-order valence-corrected chi connectivity index (χ0v) is 22.0. The molecule has 1 saturated heterocycles. The number of hydrogen-bond acceptors (Lipinski definition) is 5. The lowest BCUT2D eigenvalue weighted by Crippen LogP contribution is -2.39. The van der Waals surface area contributed by atoms with Crippen LogP contribution in [-0.2, 0) is 14.3 Å². The van der Waals surface area contributed by atoms with Crippen LogP contribution < -0.4 is 5.32 Å². The highest BCUT2D eigenvalue weighted by molar-refractivity contribution is 5.69. The number of likely N-dealkylation sites (tertiary alicyclic amines) is 1. The Bertz CT molecular complexity index is 512. The molecule has 0 radical (unpaired) electrons. The molecule has 1 amide bonds. The Morgan fingerprint density at radius 2 is 1.52 bits per heavy atom. The molecule has 0 spiro atoms. The molecule has 0 aliphatic carbocycles. The van der Waals surface area contributed by atoms with E-state index in [1.165, 1.54) is 64.2 Å². The van der Waals surface area contributed by atoms with Crippen LogP contribution in [0.3, 0.4) is 0 Å². The number of unbranched alkanes of at least 4 members (excludes halogenated alkanes) is 9. The molecule has 0 aromatic carbocycles. The lowest BCUT2D eigenvalue weighted by Gasteiger charge is -2.22. The Hall–Kier alpha value is -1.30. The molecule has 2 atom stereocenters. The first-order chi connectivity index (χ1) is 15.9. The van der Waals surface area contributed by atoms with Crippen LogP contribution in [0.4, 0.5) is 4.79 Å². The summed E-state index contributed by atoms with van der Waals surface area (Å²) < 4.78 is 11.0. The van der Waals surface area contributed by atoms with Gasteiger partial charge >= 0.3 is 12.1 Å². The summed E-state index contributed by atoms with van der Waals surface area (Å²) in [4.78, 5) is 26.5. The van der Waals surface area contributed by atoms with Crippen LogP contribution in [0.1, 0.15) is 124 Å². The van der Waals surface area contributed by atoms with Gasteiger partial charge in [-0.2, -0.15) is 0 Å². The summed E-state index contributed by atoms with van der Waals surface area (Å²) in [5.41, 5.74) is 0. The van der Waals surface area contributed by atoms with E-state index in [1.807, 2.05) is 13.8 Å². The van der Waals surface area contributed by atoms with E-state index in [1.54, 1.807) is 0 Å². The molecule has 1 aliphatic heterocycles. The maximum atomic E-state index is 12.4. The summed E-state index contributed by atoms with van der Waals surface area (Å²) in [6.45, 7) is 7.71. The number of carbonyl (C=O) groups is 2. The lowest BCUT2D eigenvalue weighted by molar-refractivity contribution is -0.147. The number of hydrogen-bond donors (Lipinski definition) is 1. The van der Waals surface area contributed by atoms with E-state index in [0.29, 0.717) is 31.8 Å². The van der Waals surface area contributed by atoms with E-state index in [0.717, 1.165) is 25.8 Å². The largest absolute Gasteiger partial charge is 0.463 e. The average Bonchev–Trinajstić information content (AvgIpc) is 3.17. The molecule has 0 bridgehead atoms. The van der Waals surface area contributed by atoms with Gasteiger partial charge in [-0.25, -0.2) is 4.79 Å². The van der Waals surface area contributed by atoms with Crippen molar-refractivity contribution < 1.29 is 19.1 Å². The summed E-state index contributed by atoms with van der Waals surface area (Å²) in [6, 6.07) is 0.406. The molecule has 1 N–H and O–H groups in total. The van der Waals surface area contributed by atoms with Crippen molar-refractivity contribution in [3.63, 3.8) is 0 Å². The second-order valence-corrected chi connectivity index (χ2v) is 10.1. The second kappa shape index (κ2) is 19.1. The van der Waals surface area contributed by atoms with Crippen molar-refractivity contribution in [1.82, 2.24) is 10.2 Å². The first-order valence-corrected chi connectivity index (χ1v) is 13.8. The molecule has 6 nitrogen and oxygen atoms in total. The van der Waals surface area contributed by atoms with Gasteiger partial charge in [-0.15, -0.1) is 0 Å². The van der Waals surface area contributed by atoms with Crippen molar-refractivity contribution in [3.05, 3.63) is 0 Å². The topological polar surface area (TPSA) is 67.9 Å². The van der Waals surface area contributed by atoms with Gasteiger partial charge in [0.25, 0.3) is 0 Å². The molecular formula is C27H52N2O4. The van der Waals surface area contributed by atoms with Crippen LogP contribution in [0.25, 0.3) is 0 Å². The maximum absolute atomic E-state index is 12.4. The van der Waals surface area contributed by atoms with Gasteiger partial charge in [0.15, 0.2) is 0 Å². The number of carbonyl (C=O) groups excluding carboxylic acids is 2. The molecule has 1 rings (SSSR count). The smallest absolute Gasteiger partial charge is 0.407 e. The van der Waals surface area contributed by atoms with Crippen LogP contribution >= 0.6 is 0 Å². The highest BCUT2D eigenvalue weighted by Crippen LogP contribution is 2.17. The Kier molecular flexibility index (Phi) is 17.2. The highest BCUT2D eigenvalue weighted by Gasteiger charge is 2.22. The van der Waals surface area contributed by atoms with Crippen LogP contribution in [0.15, 0.2) is 0 Å². The van der Waals surface area contributed by atoms with E-state index in [4.69, 9.17) is 9.47 Å². The predicted molar refractivity (Wildman–Crippen MR) is 135 cm³/mol. The molecule has 194 valence electrons. The van der Waals surface area contributed by atoms with Crippen LogP contribution in [0, 0.1) is 0 Å². The molecule has 2 unspecified atom stereocenters. The minimum Gasteiger partial charge on any atom is -0.463 e. The summed E-state index contributed by atoms with van der Waals surface area (Å²) in [5, 5.41) is 2.96. The third kappa shape index (κ3) is 16.0. The van der Waals surface area contributed by atoms with E-state index in [-0.39, 0.29) is 24.3 Å². The highest BCUT2D eigenvalue weighted by atomic mass is 16.6. The van der Waals surface area contributed by atoms with Gasteiger partial charge < -0.3 is 19.7 Å². The summed E-state index contributed by atoms with van der Waals surface area (Å²) in [7, 11) is 2.11. The zero-order valence-electron chi connectivity index (χ0n) is 22.0. The summed E-state index contributed by atoms with van der Waals surface area (Å²) in [5.74, 6) is -0.170. The van der Waals surface area contributed by atoms with Crippen molar-refractivity contribution in [2.75, 3.05) is 20.1 Å². The molecule has 1 aliphatic rings. The summed E-state index contributed by atoms with van der Waals surface area (Å²) in [6.07, 6.45) is 17.3. The van der Waals surface area contributed by atoms with Crippen molar-refractivity contribution in [2.24, 2.45) is 0 Å². The van der Waals surface area contributed by atoms with Crippen molar-refractivity contribution in [1.29, 1.82) is 0 Å². The first kappa shape index (κ1) is 29.7. The third-order valence-corrected chi connectivity index (χ3v) is 6.58. The molecule has 33 heavy (non-hydrogen) atoms. The molecule has 1 fully saturated rings. The monoisotopic (exact) mass is 468 g/mol. The van der Waals surface area contributed by atoms with E-state index < -0.39 is 0 Å². The van der Waals surface area contributed by atoms with Gasteiger partial charge in [-0.3, -0.25) is 4.79 Å². The molecule has 0 aromatic heterocycles. The van der Waals surface area contributed by atoms with Crippen LogP contribution in [0.2, 0.25) is 0 Å². The Morgan fingerprint density at radius 1 is 0.909 bits per heavy atom. The zero-order chi connectivity index (χ0) is 24.3. The molecule has 1 heterocycles. The Balaban J connectivity index is 2.28. The Labute approximate surface area is 203 Å². The van der Waals surface area contributed by atoms with Gasteiger partial charge in [-0.05, 0) is 66.0 Å². The maximum Gasteiger partial charge on any atom is 0.407 e. The van der Waals surface area contributed by atoms with Gasteiger partial charge in [-0.1, -0.05) is 64.7 Å². The third-order valence-electron chi connectivity index (χ3n) is 6.58. The number of rotatable bonds is 19. The number of esters is 1. The fraction of sp³-hybridized carbons (Fsp3) is 0.926. The van der Waals surface area contributed by atoms with Gasteiger partial charge in [0, 0.05) is 19.0 Å². The minimum atomic E-state index is -0.322. The first-order valence-electron chi connectivity index (χ1n) is 13.8. The summed E-state index contributed by atoms with van der Waals surface area (Å²) >= 11 is 0. The van der Waals surface area contributed by atoms with E-state index >= 15 is 0 Å². The molecule has 6 heteroatoms. The minimum absolute atomic E-state index is 0.0873. The SMILES string of the molecule is CCCCCCCCCCCCC(CCCC(=O)OC(C)C)OC(=O)NCC1CCCN1C. The fourth-order valence-corrected chi connectivity index (χ4v) is 4.55. The van der Waals surface area contributed by atoms with E-state index in [2.05, 4.69) is 24.2 Å². The molecular weight excluding hydrogens is 416 g/mol. The number of likely N-dealkylation sites (N-methyl/N-ethyl adjacent to an activating group) is 1. The number of ether oxygens (including phenoxy) is 2. The fourth-order valence-electron chi connectivity index (χ4n) is 4.55.